The van der Waals surface area contributed by atoms with Gasteiger partial charge < -0.3 is 5.11 Å². The first-order valence-electron chi connectivity index (χ1n) is 5.12. The lowest BCUT2D eigenvalue weighted by atomic mass is 10.1. The van der Waals surface area contributed by atoms with Crippen molar-refractivity contribution in [2.24, 2.45) is 0 Å². The fraction of sp³-hybridized carbons (Fsp3) is 0.364. The predicted molar refractivity (Wildman–Crippen MR) is 60.0 cm³/mol. The van der Waals surface area contributed by atoms with Crippen molar-refractivity contribution in [1.29, 1.82) is 0 Å². The Morgan fingerprint density at radius 2 is 1.94 bits per heavy atom. The van der Waals surface area contributed by atoms with Crippen LogP contribution in [0.1, 0.15) is 18.4 Å². The standard InChI is InChI=1S/C11H12F2O4S/c1-18(16,17)11-8(12)6-5-7(10(11)13)3-2-4-9(14)15/h5-6H,2-4H2,1H3,(H,14,15). The second-order valence-electron chi connectivity index (χ2n) is 3.87. The van der Waals surface area contributed by atoms with Crippen LogP contribution in [-0.2, 0) is 21.1 Å². The first-order valence-corrected chi connectivity index (χ1v) is 7.01. The number of hydrogen-bond acceptors (Lipinski definition) is 3. The molecule has 4 nitrogen and oxygen atoms in total. The number of aliphatic carboxylic acids is 1. The van der Waals surface area contributed by atoms with Crippen molar-refractivity contribution in [3.8, 4) is 0 Å². The fourth-order valence-corrected chi connectivity index (χ4v) is 2.42. The maximum absolute atomic E-state index is 13.8. The van der Waals surface area contributed by atoms with Gasteiger partial charge in [0, 0.05) is 12.7 Å². The highest BCUT2D eigenvalue weighted by Crippen LogP contribution is 2.23. The van der Waals surface area contributed by atoms with E-state index in [1.54, 1.807) is 0 Å². The van der Waals surface area contributed by atoms with Crippen LogP contribution < -0.4 is 0 Å². The second-order valence-corrected chi connectivity index (χ2v) is 5.82. The van der Waals surface area contributed by atoms with Crippen LogP contribution in [-0.4, -0.2) is 25.7 Å². The molecular weight excluding hydrogens is 266 g/mol. The average molecular weight is 278 g/mol. The van der Waals surface area contributed by atoms with E-state index in [9.17, 15) is 22.0 Å². The lowest BCUT2D eigenvalue weighted by molar-refractivity contribution is -0.137. The smallest absolute Gasteiger partial charge is 0.303 e. The molecule has 0 saturated carbocycles. The van der Waals surface area contributed by atoms with Crippen molar-refractivity contribution in [2.75, 3.05) is 6.26 Å². The van der Waals surface area contributed by atoms with Gasteiger partial charge in [0.05, 0.1) is 0 Å². The van der Waals surface area contributed by atoms with Gasteiger partial charge in [0.15, 0.2) is 9.84 Å². The quantitative estimate of drug-likeness (QED) is 0.891. The molecule has 0 bridgehead atoms. The molecule has 0 fully saturated rings. The Labute approximate surface area is 103 Å². The van der Waals surface area contributed by atoms with Crippen molar-refractivity contribution in [3.05, 3.63) is 29.3 Å². The molecule has 1 aromatic carbocycles. The lowest BCUT2D eigenvalue weighted by Gasteiger charge is -2.07. The zero-order chi connectivity index (χ0) is 13.9. The number of rotatable bonds is 5. The van der Waals surface area contributed by atoms with E-state index in [-0.39, 0.29) is 24.8 Å². The molecule has 1 rings (SSSR count). The summed E-state index contributed by atoms with van der Waals surface area (Å²) in [6.07, 6.45) is 0.753. The highest BCUT2D eigenvalue weighted by Gasteiger charge is 2.22. The minimum absolute atomic E-state index is 0.00178. The van der Waals surface area contributed by atoms with Gasteiger partial charge in [-0.2, -0.15) is 0 Å². The Hall–Kier alpha value is -1.50. The normalized spacial score (nSPS) is 11.5. The third-order valence-corrected chi connectivity index (χ3v) is 3.45. The van der Waals surface area contributed by atoms with Gasteiger partial charge >= 0.3 is 5.97 Å². The van der Waals surface area contributed by atoms with Crippen LogP contribution >= 0.6 is 0 Å². The van der Waals surface area contributed by atoms with Crippen molar-refractivity contribution in [1.82, 2.24) is 0 Å². The molecule has 0 aliphatic rings. The number of aryl methyl sites for hydroxylation is 1. The molecular formula is C11H12F2O4S. The SMILES string of the molecule is CS(=O)(=O)c1c(F)ccc(CCCC(=O)O)c1F. The Morgan fingerprint density at radius 3 is 2.44 bits per heavy atom. The van der Waals surface area contributed by atoms with Crippen LogP contribution in [0.15, 0.2) is 17.0 Å². The zero-order valence-corrected chi connectivity index (χ0v) is 10.4. The van der Waals surface area contributed by atoms with Gasteiger partial charge in [0.2, 0.25) is 0 Å². The fourth-order valence-electron chi connectivity index (χ4n) is 1.54. The van der Waals surface area contributed by atoms with Crippen LogP contribution in [0.4, 0.5) is 8.78 Å². The molecule has 0 radical (unpaired) electrons. The van der Waals surface area contributed by atoms with Gasteiger partial charge in [-0.3, -0.25) is 4.79 Å². The van der Waals surface area contributed by atoms with Gasteiger partial charge in [-0.05, 0) is 24.5 Å². The van der Waals surface area contributed by atoms with Crippen LogP contribution in [0.25, 0.3) is 0 Å². The summed E-state index contributed by atoms with van der Waals surface area (Å²) in [5.74, 6) is -3.30. The molecule has 0 aliphatic carbocycles. The van der Waals surface area contributed by atoms with Crippen LogP contribution in [0, 0.1) is 11.6 Å². The number of carbonyl (C=O) groups is 1. The number of carboxylic acid groups (broad SMARTS) is 1. The van der Waals surface area contributed by atoms with Gasteiger partial charge in [-0.25, -0.2) is 17.2 Å². The summed E-state index contributed by atoms with van der Waals surface area (Å²) in [4.78, 5) is 9.34. The number of sulfone groups is 1. The Kier molecular flexibility index (Phi) is 4.39. The van der Waals surface area contributed by atoms with E-state index in [0.29, 0.717) is 0 Å². The first kappa shape index (κ1) is 14.6. The van der Waals surface area contributed by atoms with Gasteiger partial charge in [0.1, 0.15) is 16.5 Å². The topological polar surface area (TPSA) is 71.4 Å². The van der Waals surface area contributed by atoms with E-state index < -0.39 is 32.3 Å². The van der Waals surface area contributed by atoms with Gasteiger partial charge in [0.25, 0.3) is 0 Å². The van der Waals surface area contributed by atoms with Gasteiger partial charge in [-0.15, -0.1) is 0 Å². The molecule has 1 aromatic rings. The number of carboxylic acids is 1. The molecule has 1 N–H and O–H groups in total. The Balaban J connectivity index is 3.06. The molecule has 0 aromatic heterocycles. The zero-order valence-electron chi connectivity index (χ0n) is 9.61. The molecule has 0 aliphatic heterocycles. The van der Waals surface area contributed by atoms with E-state index in [4.69, 9.17) is 5.11 Å². The molecule has 0 atom stereocenters. The summed E-state index contributed by atoms with van der Waals surface area (Å²) in [5.41, 5.74) is -0.00178. The molecule has 0 amide bonds. The molecule has 7 heteroatoms. The summed E-state index contributed by atoms with van der Waals surface area (Å²) >= 11 is 0. The van der Waals surface area contributed by atoms with E-state index in [0.717, 1.165) is 18.4 Å². The third-order valence-electron chi connectivity index (χ3n) is 2.34. The van der Waals surface area contributed by atoms with E-state index in [2.05, 4.69) is 0 Å². The van der Waals surface area contributed by atoms with Crippen molar-refractivity contribution < 1.29 is 27.1 Å². The largest absolute Gasteiger partial charge is 0.481 e. The van der Waals surface area contributed by atoms with E-state index >= 15 is 0 Å². The van der Waals surface area contributed by atoms with Crippen molar-refractivity contribution >= 4 is 15.8 Å². The molecule has 0 unspecified atom stereocenters. The lowest BCUT2D eigenvalue weighted by Crippen LogP contribution is -2.07. The number of benzene rings is 1. The molecule has 0 saturated heterocycles. The van der Waals surface area contributed by atoms with Crippen molar-refractivity contribution in [3.63, 3.8) is 0 Å². The minimum Gasteiger partial charge on any atom is -0.481 e. The van der Waals surface area contributed by atoms with Crippen LogP contribution in [0.5, 0.6) is 0 Å². The molecule has 0 heterocycles. The Morgan fingerprint density at radius 1 is 1.33 bits per heavy atom. The maximum Gasteiger partial charge on any atom is 0.303 e. The highest BCUT2D eigenvalue weighted by molar-refractivity contribution is 7.90. The summed E-state index contributed by atoms with van der Waals surface area (Å²) in [7, 11) is -3.99. The number of hydrogen-bond donors (Lipinski definition) is 1. The second kappa shape index (κ2) is 5.43. The van der Waals surface area contributed by atoms with Crippen molar-refractivity contribution in [2.45, 2.75) is 24.2 Å². The summed E-state index contributed by atoms with van der Waals surface area (Å²) in [6, 6.07) is 2.00. The monoisotopic (exact) mass is 278 g/mol. The summed E-state index contributed by atoms with van der Waals surface area (Å²) in [6.45, 7) is 0. The first-order chi connectivity index (χ1) is 8.23. The molecule has 0 spiro atoms. The minimum atomic E-state index is -3.99. The molecule has 100 valence electrons. The van der Waals surface area contributed by atoms with Crippen LogP contribution in [0.2, 0.25) is 0 Å². The maximum atomic E-state index is 13.8. The summed E-state index contributed by atoms with van der Waals surface area (Å²) < 4.78 is 49.5. The highest BCUT2D eigenvalue weighted by atomic mass is 32.2. The summed E-state index contributed by atoms with van der Waals surface area (Å²) in [5, 5.41) is 8.44. The predicted octanol–water partition coefficient (Wildman–Crippen LogP) is 1.78. The molecule has 18 heavy (non-hydrogen) atoms. The van der Waals surface area contributed by atoms with Crippen LogP contribution in [0.3, 0.4) is 0 Å². The van der Waals surface area contributed by atoms with E-state index in [1.165, 1.54) is 0 Å². The average Bonchev–Trinajstić information content (AvgIpc) is 2.19. The van der Waals surface area contributed by atoms with Gasteiger partial charge in [-0.1, -0.05) is 6.07 Å². The van der Waals surface area contributed by atoms with E-state index in [1.807, 2.05) is 0 Å². The number of halogens is 2. The Bertz CT molecular complexity index is 567. The third kappa shape index (κ3) is 3.49.